The minimum atomic E-state index is -0.304. The summed E-state index contributed by atoms with van der Waals surface area (Å²) in [5.41, 5.74) is 0. The van der Waals surface area contributed by atoms with Gasteiger partial charge in [0.2, 0.25) is 0 Å². The summed E-state index contributed by atoms with van der Waals surface area (Å²) in [6, 6.07) is 0.505. The van der Waals surface area contributed by atoms with E-state index in [-0.39, 0.29) is 6.23 Å². The molecule has 2 heteroatoms. The molecular weight excluding hydrogens is 138 g/mol. The smallest absolute Gasteiger partial charge is 0.104 e. The van der Waals surface area contributed by atoms with E-state index in [0.717, 1.165) is 6.54 Å². The molecule has 0 aromatic rings. The van der Waals surface area contributed by atoms with Gasteiger partial charge in [0.05, 0.1) is 0 Å². The van der Waals surface area contributed by atoms with E-state index in [0.29, 0.717) is 6.04 Å². The van der Waals surface area contributed by atoms with E-state index in [1.807, 2.05) is 6.92 Å². The first-order valence-electron chi connectivity index (χ1n) is 4.57. The molecule has 2 unspecified atom stereocenters. The number of aliphatic hydroxyl groups excluding tert-OH is 1. The van der Waals surface area contributed by atoms with Crippen LogP contribution in [-0.2, 0) is 0 Å². The van der Waals surface area contributed by atoms with Gasteiger partial charge in [-0.3, -0.25) is 4.90 Å². The van der Waals surface area contributed by atoms with E-state index in [9.17, 15) is 5.11 Å². The molecule has 0 aliphatic heterocycles. The number of nitrogens with zero attached hydrogens (tertiary/aromatic N) is 1. The van der Waals surface area contributed by atoms with Gasteiger partial charge < -0.3 is 5.11 Å². The van der Waals surface area contributed by atoms with Crippen LogP contribution in [0.5, 0.6) is 0 Å². The Morgan fingerprint density at radius 1 is 1.27 bits per heavy atom. The summed E-state index contributed by atoms with van der Waals surface area (Å²) in [7, 11) is 0. The molecule has 0 radical (unpaired) electrons. The molecule has 0 aliphatic rings. The van der Waals surface area contributed by atoms with Gasteiger partial charge in [0.25, 0.3) is 0 Å². The second kappa shape index (κ2) is 5.56. The third kappa shape index (κ3) is 3.73. The van der Waals surface area contributed by atoms with E-state index in [1.54, 1.807) is 0 Å². The van der Waals surface area contributed by atoms with Crippen LogP contribution in [0, 0.1) is 0 Å². The van der Waals surface area contributed by atoms with Crippen molar-refractivity contribution < 1.29 is 5.11 Å². The van der Waals surface area contributed by atoms with Gasteiger partial charge >= 0.3 is 0 Å². The average molecular weight is 159 g/mol. The topological polar surface area (TPSA) is 23.5 Å². The lowest BCUT2D eigenvalue weighted by atomic mass is 10.1. The fourth-order valence-electron chi connectivity index (χ4n) is 1.53. The van der Waals surface area contributed by atoms with Gasteiger partial charge in [0, 0.05) is 6.04 Å². The summed E-state index contributed by atoms with van der Waals surface area (Å²) in [4.78, 5) is 2.10. The molecule has 0 amide bonds. The second-order valence-corrected chi connectivity index (χ2v) is 3.10. The van der Waals surface area contributed by atoms with Crippen molar-refractivity contribution in [3.63, 3.8) is 0 Å². The van der Waals surface area contributed by atoms with Crippen LogP contribution in [0.3, 0.4) is 0 Å². The molecule has 0 aliphatic carbocycles. The van der Waals surface area contributed by atoms with Gasteiger partial charge in [-0.05, 0) is 26.8 Å². The monoisotopic (exact) mass is 159 g/mol. The normalized spacial score (nSPS) is 16.9. The van der Waals surface area contributed by atoms with E-state index in [4.69, 9.17) is 0 Å². The van der Waals surface area contributed by atoms with Crippen molar-refractivity contribution in [2.75, 3.05) is 6.54 Å². The van der Waals surface area contributed by atoms with Crippen LogP contribution in [0.25, 0.3) is 0 Å². The van der Waals surface area contributed by atoms with Crippen molar-refractivity contribution in [1.82, 2.24) is 4.90 Å². The number of rotatable bonds is 5. The molecular formula is C9H21NO. The first-order valence-corrected chi connectivity index (χ1v) is 4.57. The Kier molecular flexibility index (Phi) is 5.51. The Labute approximate surface area is 70.2 Å². The Hall–Kier alpha value is -0.0800. The van der Waals surface area contributed by atoms with Crippen LogP contribution in [0.4, 0.5) is 0 Å². The Morgan fingerprint density at radius 2 is 1.82 bits per heavy atom. The molecule has 0 saturated heterocycles. The average Bonchev–Trinajstić information content (AvgIpc) is 1.88. The zero-order valence-electron chi connectivity index (χ0n) is 8.17. The van der Waals surface area contributed by atoms with Crippen molar-refractivity contribution in [2.45, 2.75) is 52.8 Å². The fourth-order valence-corrected chi connectivity index (χ4v) is 1.53. The molecule has 0 spiro atoms. The summed E-state index contributed by atoms with van der Waals surface area (Å²) in [5.74, 6) is 0. The lowest BCUT2D eigenvalue weighted by Crippen LogP contribution is -2.39. The maximum absolute atomic E-state index is 9.34. The summed E-state index contributed by atoms with van der Waals surface area (Å²) < 4.78 is 0. The molecule has 0 bridgehead atoms. The zero-order valence-corrected chi connectivity index (χ0v) is 8.17. The quantitative estimate of drug-likeness (QED) is 0.619. The second-order valence-electron chi connectivity index (χ2n) is 3.10. The van der Waals surface area contributed by atoms with Crippen LogP contribution < -0.4 is 0 Å². The highest BCUT2D eigenvalue weighted by molar-refractivity contribution is 4.65. The van der Waals surface area contributed by atoms with Crippen LogP contribution >= 0.6 is 0 Å². The number of hydrogen-bond acceptors (Lipinski definition) is 2. The highest BCUT2D eigenvalue weighted by atomic mass is 16.3. The maximum Gasteiger partial charge on any atom is 0.104 e. The van der Waals surface area contributed by atoms with Crippen LogP contribution in [0.1, 0.15) is 40.5 Å². The van der Waals surface area contributed by atoms with E-state index in [1.165, 1.54) is 12.8 Å². The Bertz CT molecular complexity index is 93.6. The largest absolute Gasteiger partial charge is 0.379 e. The molecule has 68 valence electrons. The van der Waals surface area contributed by atoms with Gasteiger partial charge in [0.1, 0.15) is 6.23 Å². The summed E-state index contributed by atoms with van der Waals surface area (Å²) in [6.45, 7) is 9.18. The van der Waals surface area contributed by atoms with Gasteiger partial charge in [-0.15, -0.1) is 0 Å². The van der Waals surface area contributed by atoms with Gasteiger partial charge in [-0.1, -0.05) is 20.3 Å². The fraction of sp³-hybridized carbons (Fsp3) is 1.00. The van der Waals surface area contributed by atoms with Crippen LogP contribution in [0.2, 0.25) is 0 Å². The van der Waals surface area contributed by atoms with Gasteiger partial charge in [-0.25, -0.2) is 0 Å². The Morgan fingerprint density at radius 3 is 2.09 bits per heavy atom. The maximum atomic E-state index is 9.34. The van der Waals surface area contributed by atoms with Crippen molar-refractivity contribution in [3.05, 3.63) is 0 Å². The highest BCUT2D eigenvalue weighted by Gasteiger charge is 2.14. The predicted octanol–water partition coefficient (Wildman–Crippen LogP) is 1.84. The summed E-state index contributed by atoms with van der Waals surface area (Å²) in [5, 5.41) is 9.34. The van der Waals surface area contributed by atoms with Crippen molar-refractivity contribution in [3.8, 4) is 0 Å². The van der Waals surface area contributed by atoms with Crippen LogP contribution in [0.15, 0.2) is 0 Å². The molecule has 11 heavy (non-hydrogen) atoms. The highest BCUT2D eigenvalue weighted by Crippen LogP contribution is 2.08. The van der Waals surface area contributed by atoms with Gasteiger partial charge in [0.15, 0.2) is 0 Å². The van der Waals surface area contributed by atoms with Crippen LogP contribution in [-0.4, -0.2) is 28.8 Å². The van der Waals surface area contributed by atoms with Crippen molar-refractivity contribution in [1.29, 1.82) is 0 Å². The minimum absolute atomic E-state index is 0.304. The third-order valence-corrected chi connectivity index (χ3v) is 2.12. The van der Waals surface area contributed by atoms with Crippen molar-refractivity contribution in [2.24, 2.45) is 0 Å². The van der Waals surface area contributed by atoms with E-state index >= 15 is 0 Å². The molecule has 0 fully saturated rings. The molecule has 0 saturated carbocycles. The minimum Gasteiger partial charge on any atom is -0.379 e. The standard InChI is InChI=1S/C9H21NO/c1-5-7-8(3)10(6-2)9(4)11/h8-9,11H,5-7H2,1-4H3. The molecule has 0 aromatic heterocycles. The lowest BCUT2D eigenvalue weighted by molar-refractivity contribution is -0.00541. The number of aliphatic hydroxyl groups is 1. The summed E-state index contributed by atoms with van der Waals surface area (Å²) >= 11 is 0. The molecule has 0 rings (SSSR count). The summed E-state index contributed by atoms with van der Waals surface area (Å²) in [6.07, 6.45) is 2.05. The van der Waals surface area contributed by atoms with E-state index < -0.39 is 0 Å². The zero-order chi connectivity index (χ0) is 8.85. The predicted molar refractivity (Wildman–Crippen MR) is 48.4 cm³/mol. The molecule has 2 atom stereocenters. The molecule has 2 nitrogen and oxygen atoms in total. The Balaban J connectivity index is 3.81. The number of hydrogen-bond donors (Lipinski definition) is 1. The molecule has 0 heterocycles. The van der Waals surface area contributed by atoms with Crippen molar-refractivity contribution >= 4 is 0 Å². The molecule has 1 N–H and O–H groups in total. The molecule has 0 aromatic carbocycles. The van der Waals surface area contributed by atoms with E-state index in [2.05, 4.69) is 25.7 Å². The lowest BCUT2D eigenvalue weighted by Gasteiger charge is -2.30. The first kappa shape index (κ1) is 10.9. The SMILES string of the molecule is CCCC(C)N(CC)C(C)O. The third-order valence-electron chi connectivity index (χ3n) is 2.12. The first-order chi connectivity index (χ1) is 5.13. The van der Waals surface area contributed by atoms with Gasteiger partial charge in [-0.2, -0.15) is 0 Å².